The van der Waals surface area contributed by atoms with Crippen LogP contribution in [0.25, 0.3) is 10.4 Å². The zero-order chi connectivity index (χ0) is 7.33. The smallest absolute Gasteiger partial charge is 0.190 e. The molecule has 48 valence electrons. The summed E-state index contributed by atoms with van der Waals surface area (Å²) >= 11 is 0. The largest absolute Gasteiger partial charge is 0.416 e. The first-order chi connectivity index (χ1) is 4.12. The van der Waals surface area contributed by atoms with E-state index < -0.39 is 10.2 Å². The quantitative estimate of drug-likeness (QED) is 0.338. The van der Waals surface area contributed by atoms with Gasteiger partial charge < -0.3 is 0 Å². The van der Waals surface area contributed by atoms with Crippen molar-refractivity contribution in [1.82, 2.24) is 4.91 Å². The molecule has 0 heterocycles. The predicted octanol–water partition coefficient (Wildman–Crippen LogP) is 0.0919. The maximum Gasteiger partial charge on any atom is 0.416 e. The standard InChI is InChI=1S/HN6O2S/c1-3-5-9(7,8)6-4-2/h1H/q+1. The van der Waals surface area contributed by atoms with Gasteiger partial charge in [0.15, 0.2) is 0 Å². The summed E-state index contributed by atoms with van der Waals surface area (Å²) in [7, 11) is -4.20. The summed E-state index contributed by atoms with van der Waals surface area (Å²) in [6.07, 6.45) is 0. The Morgan fingerprint density at radius 1 is 1.44 bits per heavy atom. The van der Waals surface area contributed by atoms with Crippen molar-refractivity contribution in [2.45, 2.75) is 0 Å². The Labute approximate surface area is 49.5 Å². The van der Waals surface area contributed by atoms with Gasteiger partial charge in [-0.15, -0.1) is 0 Å². The lowest BCUT2D eigenvalue weighted by atomic mass is 13.0. The van der Waals surface area contributed by atoms with Crippen molar-refractivity contribution in [2.24, 2.45) is 9.04 Å². The molecule has 1 N–H and O–H groups in total. The van der Waals surface area contributed by atoms with Gasteiger partial charge in [0.2, 0.25) is 4.91 Å². The van der Waals surface area contributed by atoms with Crippen LogP contribution in [0.5, 0.6) is 0 Å². The minimum absolute atomic E-state index is 1.93. The van der Waals surface area contributed by atoms with Crippen LogP contribution in [0.4, 0.5) is 0 Å². The molecule has 0 unspecified atom stereocenters. The molecule has 0 radical (unpaired) electrons. The molecule has 0 aliphatic carbocycles. The first kappa shape index (κ1) is 7.57. The molecule has 0 spiro atoms. The van der Waals surface area contributed by atoms with Gasteiger partial charge in [0.05, 0.1) is 4.52 Å². The Hall–Kier alpha value is -1.43. The molecule has 9 heteroatoms. The molecule has 0 fully saturated rings. The van der Waals surface area contributed by atoms with Crippen LogP contribution < -0.4 is 4.91 Å². The third-order valence-corrected chi connectivity index (χ3v) is 0.851. The fraction of sp³-hybridized carbons (Fsp3) is 0. The van der Waals surface area contributed by atoms with Crippen LogP contribution in [0.2, 0.25) is 0 Å². The van der Waals surface area contributed by atoms with Crippen LogP contribution in [0.15, 0.2) is 9.04 Å². The molecule has 0 saturated heterocycles. The van der Waals surface area contributed by atoms with Crippen molar-refractivity contribution in [2.75, 3.05) is 0 Å². The molecule has 0 aliphatic heterocycles. The molecule has 0 saturated carbocycles. The third kappa shape index (κ3) is 3.18. The molecular weight excluding hydrogens is 148 g/mol. The highest BCUT2D eigenvalue weighted by molar-refractivity contribution is 7.88. The van der Waals surface area contributed by atoms with Crippen LogP contribution in [-0.4, -0.2) is 8.42 Å². The zero-order valence-electron chi connectivity index (χ0n) is 3.96. The molecule has 0 aromatic heterocycles. The van der Waals surface area contributed by atoms with Crippen LogP contribution in [0.1, 0.15) is 0 Å². The van der Waals surface area contributed by atoms with Crippen molar-refractivity contribution in [3.63, 3.8) is 0 Å². The van der Waals surface area contributed by atoms with Gasteiger partial charge >= 0.3 is 10.2 Å². The minimum Gasteiger partial charge on any atom is -0.190 e. The lowest BCUT2D eigenvalue weighted by molar-refractivity contribution is 0.595. The van der Waals surface area contributed by atoms with Gasteiger partial charge in [-0.25, -0.2) is 0 Å². The van der Waals surface area contributed by atoms with Crippen molar-refractivity contribution in [3.8, 4) is 0 Å². The predicted molar refractivity (Wildman–Crippen MR) is 25.3 cm³/mol. The Morgan fingerprint density at radius 3 is 2.33 bits per heavy atom. The van der Waals surface area contributed by atoms with Crippen molar-refractivity contribution >= 4 is 10.2 Å². The average Bonchev–Trinajstić information content (AvgIpc) is 1.64. The molecular formula is HN6O2S+. The molecule has 8 nitrogen and oxygen atoms in total. The van der Waals surface area contributed by atoms with Crippen molar-refractivity contribution in [1.29, 1.82) is 5.53 Å². The summed E-state index contributed by atoms with van der Waals surface area (Å²) in [6.45, 7) is 0. The molecule has 0 atom stereocenters. The number of nitrogens with one attached hydrogen (secondary N) is 1. The Bertz CT molecular complexity index is 248. The van der Waals surface area contributed by atoms with Gasteiger partial charge in [0, 0.05) is 4.91 Å². The second kappa shape index (κ2) is 2.78. The van der Waals surface area contributed by atoms with Gasteiger partial charge in [0.1, 0.15) is 5.53 Å². The molecule has 0 aromatic carbocycles. The van der Waals surface area contributed by atoms with Gasteiger partial charge in [-0.05, 0) is 5.53 Å². The summed E-state index contributed by atoms with van der Waals surface area (Å²) in [5.41, 5.74) is 13.5. The van der Waals surface area contributed by atoms with Crippen LogP contribution >= 0.6 is 0 Å². The Kier molecular flexibility index (Phi) is 2.33. The zero-order valence-corrected chi connectivity index (χ0v) is 4.78. The second-order valence-electron chi connectivity index (χ2n) is 0.801. The maximum atomic E-state index is 10.0. The van der Waals surface area contributed by atoms with E-state index >= 15 is 0 Å². The van der Waals surface area contributed by atoms with E-state index in [1.165, 1.54) is 0 Å². The lowest BCUT2D eigenvalue weighted by Gasteiger charge is -1.64. The number of hydrogen-bond acceptors (Lipinski definition) is 3. The molecule has 0 bridgehead atoms. The van der Waals surface area contributed by atoms with Crippen LogP contribution in [-0.2, 0) is 10.2 Å². The van der Waals surface area contributed by atoms with E-state index in [2.05, 4.69) is 14.0 Å². The summed E-state index contributed by atoms with van der Waals surface area (Å²) in [4.78, 5) is 4.07. The summed E-state index contributed by atoms with van der Waals surface area (Å²) in [5.74, 6) is 0. The number of rotatable bonds is 2. The molecule has 0 rings (SSSR count). The molecule has 9 heavy (non-hydrogen) atoms. The lowest BCUT2D eigenvalue weighted by Crippen LogP contribution is -1.85. The van der Waals surface area contributed by atoms with Crippen molar-refractivity contribution < 1.29 is 8.42 Å². The van der Waals surface area contributed by atoms with Gasteiger partial charge in [-0.2, -0.15) is 8.42 Å². The van der Waals surface area contributed by atoms with Crippen LogP contribution in [0, 0.1) is 5.53 Å². The molecule has 0 aliphatic rings. The van der Waals surface area contributed by atoms with E-state index in [0.29, 0.717) is 0 Å². The molecule has 0 aromatic rings. The van der Waals surface area contributed by atoms with E-state index in [-0.39, 0.29) is 0 Å². The van der Waals surface area contributed by atoms with E-state index in [1.54, 1.807) is 0 Å². The molecule has 0 amide bonds. The number of hydrogen-bond donors (Lipinski definition) is 1. The van der Waals surface area contributed by atoms with Crippen LogP contribution in [0.3, 0.4) is 0 Å². The summed E-state index contributed by atoms with van der Waals surface area (Å²) in [5, 5.41) is 0. The fourth-order valence-electron chi connectivity index (χ4n) is 0.114. The third-order valence-electron chi connectivity index (χ3n) is 0.284. The number of nitrogens with zero attached hydrogens (tertiary/aromatic N) is 5. The van der Waals surface area contributed by atoms with E-state index in [1.807, 2.05) is 4.91 Å². The highest BCUT2D eigenvalue weighted by Crippen LogP contribution is 1.89. The normalized spacial score (nSPS) is 8.89. The SMILES string of the molecule is [N-]=[N+]=NS(=O)(=O)N=[N+]=N. The van der Waals surface area contributed by atoms with Gasteiger partial charge in [0.25, 0.3) is 4.52 Å². The summed E-state index contributed by atoms with van der Waals surface area (Å²) < 4.78 is 24.6. The number of azide groups is 1. The monoisotopic (exact) mass is 149 g/mol. The van der Waals surface area contributed by atoms with E-state index in [0.717, 1.165) is 0 Å². The Morgan fingerprint density at radius 2 is 2.00 bits per heavy atom. The van der Waals surface area contributed by atoms with E-state index in [9.17, 15) is 8.42 Å². The highest BCUT2D eigenvalue weighted by Gasteiger charge is 2.09. The maximum absolute atomic E-state index is 10.0. The van der Waals surface area contributed by atoms with Crippen molar-refractivity contribution in [3.05, 3.63) is 10.4 Å². The fourth-order valence-corrected chi connectivity index (χ4v) is 0.342. The minimum atomic E-state index is -4.20. The van der Waals surface area contributed by atoms with E-state index in [4.69, 9.17) is 11.1 Å². The van der Waals surface area contributed by atoms with Gasteiger partial charge in [-0.1, -0.05) is 0 Å². The average molecular weight is 149 g/mol. The highest BCUT2D eigenvalue weighted by atomic mass is 32.2. The second-order valence-corrected chi connectivity index (χ2v) is 2.02. The first-order valence-electron chi connectivity index (χ1n) is 1.52. The summed E-state index contributed by atoms with van der Waals surface area (Å²) in [6, 6.07) is 0. The first-order valence-corrected chi connectivity index (χ1v) is 2.92. The van der Waals surface area contributed by atoms with Gasteiger partial charge in [-0.3, -0.25) is 0 Å². The Balaban J connectivity index is 4.84. The topological polar surface area (TPSA) is 133 Å².